The normalized spacial score (nSPS) is 10.5. The Bertz CT molecular complexity index is 1120. The number of halogens is 1. The maximum absolute atomic E-state index is 12.9. The molecule has 0 atom stereocenters. The minimum absolute atomic E-state index is 0.0128. The van der Waals surface area contributed by atoms with Crippen LogP contribution in [0, 0.1) is 17.1 Å². The van der Waals surface area contributed by atoms with Crippen LogP contribution in [0.15, 0.2) is 53.1 Å². The number of aromatic nitrogens is 2. The van der Waals surface area contributed by atoms with Gasteiger partial charge in [-0.15, -0.1) is 0 Å². The molecule has 164 valence electrons. The van der Waals surface area contributed by atoms with Crippen LogP contribution in [0.2, 0.25) is 0 Å². The molecule has 0 N–H and O–H groups in total. The standard InChI is InChI=1S/C22H18FN3O6/c1-28-19-12-15(2-8-18(19)29-11-10-24)3-9-22(27)31-14-21-25-20(26-32-21)13-30-17-6-4-16(23)5-7-17/h2-9,12H,11,13-14H2,1H3/b9-3+. The number of nitriles is 1. The summed E-state index contributed by atoms with van der Waals surface area (Å²) in [7, 11) is 1.47. The van der Waals surface area contributed by atoms with Crippen LogP contribution in [0.1, 0.15) is 17.3 Å². The zero-order valence-electron chi connectivity index (χ0n) is 17.0. The van der Waals surface area contributed by atoms with Gasteiger partial charge in [0.05, 0.1) is 7.11 Å². The molecule has 0 aliphatic rings. The lowest BCUT2D eigenvalue weighted by Crippen LogP contribution is -2.02. The Hall–Kier alpha value is -4.39. The molecule has 0 unspecified atom stereocenters. The maximum Gasteiger partial charge on any atom is 0.331 e. The Labute approximate surface area is 182 Å². The van der Waals surface area contributed by atoms with Gasteiger partial charge in [0.15, 0.2) is 31.3 Å². The highest BCUT2D eigenvalue weighted by atomic mass is 19.1. The van der Waals surface area contributed by atoms with Gasteiger partial charge >= 0.3 is 5.97 Å². The second kappa shape index (κ2) is 11.1. The molecule has 0 spiro atoms. The number of ether oxygens (including phenoxy) is 4. The van der Waals surface area contributed by atoms with E-state index in [9.17, 15) is 9.18 Å². The van der Waals surface area contributed by atoms with Gasteiger partial charge in [-0.3, -0.25) is 0 Å². The molecule has 0 amide bonds. The molecule has 0 aliphatic heterocycles. The van der Waals surface area contributed by atoms with Crippen LogP contribution in [0.4, 0.5) is 4.39 Å². The third-order valence-corrected chi connectivity index (χ3v) is 3.92. The number of carbonyl (C=O) groups is 1. The fraction of sp³-hybridized carbons (Fsp3) is 0.182. The number of hydrogen-bond acceptors (Lipinski definition) is 9. The molecule has 9 nitrogen and oxygen atoms in total. The molecule has 0 radical (unpaired) electrons. The van der Waals surface area contributed by atoms with Crippen molar-refractivity contribution in [3.63, 3.8) is 0 Å². The largest absolute Gasteiger partial charge is 0.493 e. The predicted molar refractivity (Wildman–Crippen MR) is 108 cm³/mol. The lowest BCUT2D eigenvalue weighted by molar-refractivity contribution is -0.139. The van der Waals surface area contributed by atoms with Crippen molar-refractivity contribution in [3.05, 3.63) is 71.6 Å². The monoisotopic (exact) mass is 439 g/mol. The number of esters is 1. The molecule has 0 saturated carbocycles. The Balaban J connectivity index is 1.48. The molecule has 0 bridgehead atoms. The molecule has 0 aliphatic carbocycles. The predicted octanol–water partition coefficient (Wildman–Crippen LogP) is 3.46. The number of benzene rings is 2. The van der Waals surface area contributed by atoms with Gasteiger partial charge < -0.3 is 23.5 Å². The summed E-state index contributed by atoms with van der Waals surface area (Å²) in [4.78, 5) is 16.0. The lowest BCUT2D eigenvalue weighted by atomic mass is 10.2. The van der Waals surface area contributed by atoms with Gasteiger partial charge in [-0.2, -0.15) is 10.2 Å². The first kappa shape index (κ1) is 22.3. The van der Waals surface area contributed by atoms with Crippen LogP contribution in [-0.2, 0) is 22.7 Å². The quantitative estimate of drug-likeness (QED) is 0.346. The van der Waals surface area contributed by atoms with Crippen LogP contribution in [-0.4, -0.2) is 29.8 Å². The van der Waals surface area contributed by atoms with Crippen molar-refractivity contribution in [2.24, 2.45) is 0 Å². The van der Waals surface area contributed by atoms with Crippen molar-refractivity contribution in [3.8, 4) is 23.3 Å². The van der Waals surface area contributed by atoms with Gasteiger partial charge in [-0.25, -0.2) is 9.18 Å². The summed E-state index contributed by atoms with van der Waals surface area (Å²) in [5, 5.41) is 12.3. The molecule has 3 aromatic rings. The van der Waals surface area contributed by atoms with Gasteiger partial charge in [0.25, 0.3) is 5.89 Å². The van der Waals surface area contributed by atoms with E-state index in [1.165, 1.54) is 43.5 Å². The SMILES string of the molecule is COc1cc(/C=C/C(=O)OCc2nc(COc3ccc(F)cc3)no2)ccc1OCC#N. The highest BCUT2D eigenvalue weighted by Gasteiger charge is 2.10. The van der Waals surface area contributed by atoms with E-state index in [2.05, 4.69) is 10.1 Å². The minimum atomic E-state index is -0.615. The third-order valence-electron chi connectivity index (χ3n) is 3.92. The second-order valence-corrected chi connectivity index (χ2v) is 6.15. The van der Waals surface area contributed by atoms with Gasteiger partial charge in [0, 0.05) is 6.08 Å². The molecule has 1 heterocycles. The van der Waals surface area contributed by atoms with E-state index >= 15 is 0 Å². The fourth-order valence-corrected chi connectivity index (χ4v) is 2.45. The van der Waals surface area contributed by atoms with E-state index < -0.39 is 5.97 Å². The zero-order chi connectivity index (χ0) is 22.8. The Morgan fingerprint density at radius 1 is 1.16 bits per heavy atom. The van der Waals surface area contributed by atoms with Crippen molar-refractivity contribution < 1.29 is 32.7 Å². The molecule has 0 fully saturated rings. The number of carbonyl (C=O) groups excluding carboxylic acids is 1. The van der Waals surface area contributed by atoms with Crippen molar-refractivity contribution >= 4 is 12.0 Å². The highest BCUT2D eigenvalue weighted by molar-refractivity contribution is 5.87. The molecule has 1 aromatic heterocycles. The van der Waals surface area contributed by atoms with Crippen molar-refractivity contribution in [1.82, 2.24) is 10.1 Å². The summed E-state index contributed by atoms with van der Waals surface area (Å²) in [5.74, 6) is 0.677. The summed E-state index contributed by atoms with van der Waals surface area (Å²) in [5.41, 5.74) is 0.668. The van der Waals surface area contributed by atoms with E-state index in [0.717, 1.165) is 0 Å². The average Bonchev–Trinajstić information content (AvgIpc) is 3.27. The van der Waals surface area contributed by atoms with E-state index in [0.29, 0.717) is 22.8 Å². The molecule has 32 heavy (non-hydrogen) atoms. The first-order chi connectivity index (χ1) is 15.6. The number of hydrogen-bond donors (Lipinski definition) is 0. The van der Waals surface area contributed by atoms with Crippen molar-refractivity contribution in [2.45, 2.75) is 13.2 Å². The van der Waals surface area contributed by atoms with E-state index in [1.807, 2.05) is 6.07 Å². The number of nitrogens with zero attached hydrogens (tertiary/aromatic N) is 3. The summed E-state index contributed by atoms with van der Waals surface area (Å²) >= 11 is 0. The van der Waals surface area contributed by atoms with Crippen LogP contribution in [0.5, 0.6) is 17.2 Å². The number of methoxy groups -OCH3 is 1. The third kappa shape index (κ3) is 6.56. The topological polar surface area (TPSA) is 117 Å². The smallest absolute Gasteiger partial charge is 0.331 e. The minimum Gasteiger partial charge on any atom is -0.493 e. The van der Waals surface area contributed by atoms with Crippen LogP contribution < -0.4 is 14.2 Å². The van der Waals surface area contributed by atoms with E-state index in [4.69, 9.17) is 28.7 Å². The molecule has 2 aromatic carbocycles. The molecular formula is C22H18FN3O6. The van der Waals surface area contributed by atoms with Gasteiger partial charge in [-0.1, -0.05) is 11.2 Å². The Kier molecular flexibility index (Phi) is 7.75. The molecular weight excluding hydrogens is 421 g/mol. The van der Waals surface area contributed by atoms with E-state index in [1.54, 1.807) is 18.2 Å². The summed E-state index contributed by atoms with van der Waals surface area (Å²) < 4.78 is 38.8. The zero-order valence-corrected chi connectivity index (χ0v) is 17.0. The van der Waals surface area contributed by atoms with Crippen LogP contribution >= 0.6 is 0 Å². The Morgan fingerprint density at radius 3 is 2.72 bits per heavy atom. The lowest BCUT2D eigenvalue weighted by Gasteiger charge is -2.08. The molecule has 3 rings (SSSR count). The van der Waals surface area contributed by atoms with Gasteiger partial charge in [0.2, 0.25) is 5.82 Å². The molecule has 10 heteroatoms. The molecule has 0 saturated heterocycles. The van der Waals surface area contributed by atoms with Gasteiger partial charge in [0.1, 0.15) is 17.6 Å². The van der Waals surface area contributed by atoms with Crippen molar-refractivity contribution in [1.29, 1.82) is 5.26 Å². The maximum atomic E-state index is 12.9. The first-order valence-electron chi connectivity index (χ1n) is 9.30. The van der Waals surface area contributed by atoms with E-state index in [-0.39, 0.29) is 37.4 Å². The highest BCUT2D eigenvalue weighted by Crippen LogP contribution is 2.28. The summed E-state index contributed by atoms with van der Waals surface area (Å²) in [6, 6.07) is 12.4. The average molecular weight is 439 g/mol. The summed E-state index contributed by atoms with van der Waals surface area (Å²) in [6.45, 7) is -0.302. The fourth-order valence-electron chi connectivity index (χ4n) is 2.45. The Morgan fingerprint density at radius 2 is 1.97 bits per heavy atom. The van der Waals surface area contributed by atoms with Crippen LogP contribution in [0.3, 0.4) is 0 Å². The van der Waals surface area contributed by atoms with Crippen LogP contribution in [0.25, 0.3) is 6.08 Å². The second-order valence-electron chi connectivity index (χ2n) is 6.15. The van der Waals surface area contributed by atoms with Gasteiger partial charge in [-0.05, 0) is 48.0 Å². The summed E-state index contributed by atoms with van der Waals surface area (Å²) in [6.07, 6.45) is 2.77. The first-order valence-corrected chi connectivity index (χ1v) is 9.30. The van der Waals surface area contributed by atoms with Crippen molar-refractivity contribution in [2.75, 3.05) is 13.7 Å². The number of rotatable bonds is 10.